The maximum Gasteiger partial charge on any atom is 0.254 e. The number of halogens is 1. The molecule has 1 saturated carbocycles. The van der Waals surface area contributed by atoms with Crippen LogP contribution in [0.1, 0.15) is 28.8 Å². The molecule has 3 nitrogen and oxygen atoms in total. The third-order valence-electron chi connectivity index (χ3n) is 3.38. The maximum absolute atomic E-state index is 13.5. The highest BCUT2D eigenvalue weighted by Crippen LogP contribution is 2.43. The van der Waals surface area contributed by atoms with Crippen LogP contribution in [0.3, 0.4) is 0 Å². The van der Waals surface area contributed by atoms with Crippen molar-refractivity contribution in [1.82, 2.24) is 5.32 Å². The maximum atomic E-state index is 13.5. The van der Waals surface area contributed by atoms with Gasteiger partial charge in [-0.1, -0.05) is 11.6 Å². The number of amides is 1. The quantitative estimate of drug-likeness (QED) is 0.834. The SMILES string of the molecule is Cc1ccc(F)c(C(=O)NCC2(CN)CC2)c1. The van der Waals surface area contributed by atoms with Crippen LogP contribution in [0, 0.1) is 18.2 Å². The molecule has 1 amide bonds. The molecule has 0 spiro atoms. The summed E-state index contributed by atoms with van der Waals surface area (Å²) in [6.45, 7) is 2.94. The fourth-order valence-electron chi connectivity index (χ4n) is 1.81. The predicted octanol–water partition coefficient (Wildman–Crippen LogP) is 1.60. The van der Waals surface area contributed by atoms with Crippen molar-refractivity contribution >= 4 is 5.91 Å². The van der Waals surface area contributed by atoms with Crippen LogP contribution in [-0.2, 0) is 0 Å². The molecule has 0 aliphatic heterocycles. The summed E-state index contributed by atoms with van der Waals surface area (Å²) >= 11 is 0. The van der Waals surface area contributed by atoms with Gasteiger partial charge in [-0.25, -0.2) is 4.39 Å². The highest BCUT2D eigenvalue weighted by molar-refractivity contribution is 5.94. The summed E-state index contributed by atoms with van der Waals surface area (Å²) in [5.74, 6) is -0.836. The van der Waals surface area contributed by atoms with Gasteiger partial charge in [0.25, 0.3) is 5.91 Å². The van der Waals surface area contributed by atoms with Gasteiger partial charge in [-0.2, -0.15) is 0 Å². The van der Waals surface area contributed by atoms with E-state index in [1.165, 1.54) is 6.07 Å². The number of aryl methyl sites for hydroxylation is 1. The molecule has 1 aliphatic carbocycles. The minimum Gasteiger partial charge on any atom is -0.351 e. The van der Waals surface area contributed by atoms with Crippen LogP contribution in [0.2, 0.25) is 0 Å². The second-order valence-electron chi connectivity index (χ2n) is 4.87. The van der Waals surface area contributed by atoms with Gasteiger partial charge in [-0.3, -0.25) is 4.79 Å². The number of benzene rings is 1. The van der Waals surface area contributed by atoms with E-state index in [1.807, 2.05) is 6.92 Å². The van der Waals surface area contributed by atoms with Gasteiger partial charge < -0.3 is 11.1 Å². The van der Waals surface area contributed by atoms with E-state index in [9.17, 15) is 9.18 Å². The van der Waals surface area contributed by atoms with Gasteiger partial charge in [0.15, 0.2) is 0 Å². The van der Waals surface area contributed by atoms with E-state index in [-0.39, 0.29) is 16.9 Å². The highest BCUT2D eigenvalue weighted by atomic mass is 19.1. The first-order chi connectivity index (χ1) is 8.06. The van der Waals surface area contributed by atoms with Crippen molar-refractivity contribution in [2.24, 2.45) is 11.1 Å². The van der Waals surface area contributed by atoms with E-state index in [4.69, 9.17) is 5.73 Å². The molecular weight excluding hydrogens is 219 g/mol. The van der Waals surface area contributed by atoms with Crippen LogP contribution in [0.5, 0.6) is 0 Å². The molecule has 4 heteroatoms. The fraction of sp³-hybridized carbons (Fsp3) is 0.462. The van der Waals surface area contributed by atoms with E-state index in [2.05, 4.69) is 5.32 Å². The Balaban J connectivity index is 2.02. The summed E-state index contributed by atoms with van der Waals surface area (Å²) in [4.78, 5) is 11.8. The molecule has 3 N–H and O–H groups in total. The molecular formula is C13H17FN2O. The van der Waals surface area contributed by atoms with E-state index >= 15 is 0 Å². The van der Waals surface area contributed by atoms with Gasteiger partial charge in [-0.05, 0) is 38.4 Å². The Morgan fingerprint density at radius 1 is 1.53 bits per heavy atom. The Morgan fingerprint density at radius 2 is 2.24 bits per heavy atom. The summed E-state index contributed by atoms with van der Waals surface area (Å²) in [7, 11) is 0. The van der Waals surface area contributed by atoms with Gasteiger partial charge in [0.05, 0.1) is 5.56 Å². The average Bonchev–Trinajstić information content (AvgIpc) is 3.10. The number of hydrogen-bond donors (Lipinski definition) is 2. The molecule has 1 aliphatic rings. The van der Waals surface area contributed by atoms with Crippen LogP contribution in [-0.4, -0.2) is 19.0 Å². The van der Waals surface area contributed by atoms with Gasteiger partial charge >= 0.3 is 0 Å². The normalized spacial score (nSPS) is 16.6. The molecule has 0 unspecified atom stereocenters. The van der Waals surface area contributed by atoms with Crippen molar-refractivity contribution in [3.8, 4) is 0 Å². The van der Waals surface area contributed by atoms with Crippen LogP contribution >= 0.6 is 0 Å². The highest BCUT2D eigenvalue weighted by Gasteiger charge is 2.41. The smallest absolute Gasteiger partial charge is 0.254 e. The van der Waals surface area contributed by atoms with Gasteiger partial charge in [-0.15, -0.1) is 0 Å². The summed E-state index contributed by atoms with van der Waals surface area (Å²) in [5.41, 5.74) is 6.67. The molecule has 2 rings (SSSR count). The Hall–Kier alpha value is -1.42. The van der Waals surface area contributed by atoms with Crippen LogP contribution < -0.4 is 11.1 Å². The topological polar surface area (TPSA) is 55.1 Å². The lowest BCUT2D eigenvalue weighted by atomic mass is 10.1. The zero-order valence-corrected chi connectivity index (χ0v) is 9.92. The minimum absolute atomic E-state index is 0.0654. The van der Waals surface area contributed by atoms with Crippen molar-refractivity contribution in [2.75, 3.05) is 13.1 Å². The first-order valence-electron chi connectivity index (χ1n) is 5.81. The lowest BCUT2D eigenvalue weighted by molar-refractivity contribution is 0.0941. The number of nitrogens with one attached hydrogen (secondary N) is 1. The summed E-state index contributed by atoms with van der Waals surface area (Å²) in [5, 5.41) is 2.76. The van der Waals surface area contributed by atoms with E-state index in [1.54, 1.807) is 12.1 Å². The predicted molar refractivity (Wildman–Crippen MR) is 64.2 cm³/mol. The molecule has 17 heavy (non-hydrogen) atoms. The summed E-state index contributed by atoms with van der Waals surface area (Å²) in [6.07, 6.45) is 2.08. The van der Waals surface area contributed by atoms with Crippen molar-refractivity contribution in [3.63, 3.8) is 0 Å². The Kier molecular flexibility index (Phi) is 3.15. The monoisotopic (exact) mass is 236 g/mol. The molecule has 0 bridgehead atoms. The summed E-state index contributed by atoms with van der Waals surface area (Å²) in [6, 6.07) is 4.53. The Labute approximate surface area is 100 Å². The number of carbonyl (C=O) groups excluding carboxylic acids is 1. The third kappa shape index (κ3) is 2.64. The van der Waals surface area contributed by atoms with Crippen molar-refractivity contribution in [1.29, 1.82) is 0 Å². The fourth-order valence-corrected chi connectivity index (χ4v) is 1.81. The van der Waals surface area contributed by atoms with Gasteiger partial charge in [0, 0.05) is 12.0 Å². The largest absolute Gasteiger partial charge is 0.351 e. The van der Waals surface area contributed by atoms with Crippen LogP contribution in [0.4, 0.5) is 4.39 Å². The Bertz CT molecular complexity index is 441. The molecule has 0 radical (unpaired) electrons. The lowest BCUT2D eigenvalue weighted by Gasteiger charge is -2.13. The first kappa shape index (κ1) is 12.0. The molecule has 1 aromatic carbocycles. The van der Waals surface area contributed by atoms with Gasteiger partial charge in [0.1, 0.15) is 5.82 Å². The van der Waals surface area contributed by atoms with E-state index in [0.717, 1.165) is 18.4 Å². The second-order valence-corrected chi connectivity index (χ2v) is 4.87. The van der Waals surface area contributed by atoms with Crippen LogP contribution in [0.25, 0.3) is 0 Å². The molecule has 1 fully saturated rings. The third-order valence-corrected chi connectivity index (χ3v) is 3.38. The molecule has 0 atom stereocenters. The van der Waals surface area contributed by atoms with E-state index < -0.39 is 5.82 Å². The number of rotatable bonds is 4. The lowest BCUT2D eigenvalue weighted by Crippen LogP contribution is -2.34. The molecule has 0 saturated heterocycles. The van der Waals surface area contributed by atoms with Crippen molar-refractivity contribution in [2.45, 2.75) is 19.8 Å². The van der Waals surface area contributed by atoms with E-state index in [0.29, 0.717) is 13.1 Å². The molecule has 0 heterocycles. The minimum atomic E-state index is -0.481. The number of nitrogens with two attached hydrogens (primary N) is 1. The first-order valence-corrected chi connectivity index (χ1v) is 5.81. The molecule has 92 valence electrons. The molecule has 1 aromatic rings. The second kappa shape index (κ2) is 4.45. The average molecular weight is 236 g/mol. The summed E-state index contributed by atoms with van der Waals surface area (Å²) < 4.78 is 13.5. The Morgan fingerprint density at radius 3 is 2.82 bits per heavy atom. The zero-order chi connectivity index (χ0) is 12.5. The van der Waals surface area contributed by atoms with Crippen molar-refractivity contribution in [3.05, 3.63) is 35.1 Å². The van der Waals surface area contributed by atoms with Crippen molar-refractivity contribution < 1.29 is 9.18 Å². The van der Waals surface area contributed by atoms with Gasteiger partial charge in [0.2, 0.25) is 0 Å². The number of hydrogen-bond acceptors (Lipinski definition) is 2. The van der Waals surface area contributed by atoms with Crippen LogP contribution in [0.15, 0.2) is 18.2 Å². The number of carbonyl (C=O) groups is 1. The zero-order valence-electron chi connectivity index (χ0n) is 9.92. The molecule has 0 aromatic heterocycles. The standard InChI is InChI=1S/C13H17FN2O/c1-9-2-3-11(14)10(6-9)12(17)16-8-13(7-15)4-5-13/h2-3,6H,4-5,7-8,15H2,1H3,(H,16,17).